The molecule has 3 nitrogen and oxygen atoms in total. The van der Waals surface area contributed by atoms with E-state index in [9.17, 15) is 9.90 Å². The van der Waals surface area contributed by atoms with Gasteiger partial charge in [-0.15, -0.1) is 0 Å². The number of aryl methyl sites for hydroxylation is 1. The Hall–Kier alpha value is -2.29. The highest BCUT2D eigenvalue weighted by Crippen LogP contribution is 2.48. The van der Waals surface area contributed by atoms with E-state index in [0.29, 0.717) is 0 Å². The Morgan fingerprint density at radius 3 is 2.65 bits per heavy atom. The van der Waals surface area contributed by atoms with Gasteiger partial charge in [-0.3, -0.25) is 4.79 Å². The van der Waals surface area contributed by atoms with Crippen LogP contribution in [0.3, 0.4) is 0 Å². The number of phenols is 1. The van der Waals surface area contributed by atoms with Gasteiger partial charge in [0.25, 0.3) is 0 Å². The van der Waals surface area contributed by atoms with Gasteiger partial charge in [-0.2, -0.15) is 0 Å². The fourth-order valence-corrected chi connectivity index (χ4v) is 2.53. The molecule has 1 fully saturated rings. The number of hydrogen-bond acceptors (Lipinski definition) is 2. The van der Waals surface area contributed by atoms with Gasteiger partial charge in [0.1, 0.15) is 5.75 Å². The average Bonchev–Trinajstić information content (AvgIpc) is 3.20. The monoisotopic (exact) mass is 267 g/mol. The van der Waals surface area contributed by atoms with E-state index in [0.717, 1.165) is 23.2 Å². The lowest BCUT2D eigenvalue weighted by Crippen LogP contribution is -2.14. The molecule has 2 aromatic carbocycles. The van der Waals surface area contributed by atoms with Crippen molar-refractivity contribution >= 4 is 11.6 Å². The van der Waals surface area contributed by atoms with Crippen LogP contribution in [0.5, 0.6) is 5.75 Å². The number of hydrogen-bond donors (Lipinski definition) is 2. The van der Waals surface area contributed by atoms with E-state index in [-0.39, 0.29) is 23.5 Å². The smallest absolute Gasteiger partial charge is 0.228 e. The number of carbonyl (C=O) groups is 1. The first-order valence-electron chi connectivity index (χ1n) is 6.80. The van der Waals surface area contributed by atoms with E-state index in [2.05, 4.69) is 5.32 Å². The molecule has 2 unspecified atom stereocenters. The van der Waals surface area contributed by atoms with E-state index >= 15 is 0 Å². The third-order valence-electron chi connectivity index (χ3n) is 3.73. The molecule has 1 saturated carbocycles. The SMILES string of the molecule is Cc1cccc(NC(=O)C2CC2c2ccc(O)cc2)c1. The molecule has 0 aliphatic heterocycles. The molecule has 20 heavy (non-hydrogen) atoms. The summed E-state index contributed by atoms with van der Waals surface area (Å²) < 4.78 is 0. The van der Waals surface area contributed by atoms with Crippen LogP contribution < -0.4 is 5.32 Å². The van der Waals surface area contributed by atoms with Gasteiger partial charge < -0.3 is 10.4 Å². The van der Waals surface area contributed by atoms with Gasteiger partial charge in [0, 0.05) is 11.6 Å². The minimum absolute atomic E-state index is 0.0417. The first-order chi connectivity index (χ1) is 9.63. The predicted molar refractivity (Wildman–Crippen MR) is 78.8 cm³/mol. The zero-order valence-corrected chi connectivity index (χ0v) is 11.3. The van der Waals surface area contributed by atoms with Crippen LogP contribution in [0.2, 0.25) is 0 Å². The second kappa shape index (κ2) is 5.00. The van der Waals surface area contributed by atoms with E-state index in [4.69, 9.17) is 0 Å². The maximum Gasteiger partial charge on any atom is 0.228 e. The minimum atomic E-state index is 0.0417. The van der Waals surface area contributed by atoms with Gasteiger partial charge in [-0.05, 0) is 54.7 Å². The normalized spacial score (nSPS) is 20.4. The van der Waals surface area contributed by atoms with Crippen LogP contribution in [0, 0.1) is 12.8 Å². The van der Waals surface area contributed by atoms with Crippen molar-refractivity contribution in [1.29, 1.82) is 0 Å². The first-order valence-corrected chi connectivity index (χ1v) is 6.80. The van der Waals surface area contributed by atoms with Crippen molar-refractivity contribution in [3.05, 3.63) is 59.7 Å². The van der Waals surface area contributed by atoms with Crippen molar-refractivity contribution < 1.29 is 9.90 Å². The molecular weight excluding hydrogens is 250 g/mol. The van der Waals surface area contributed by atoms with Crippen molar-refractivity contribution in [2.24, 2.45) is 5.92 Å². The van der Waals surface area contributed by atoms with E-state index < -0.39 is 0 Å². The van der Waals surface area contributed by atoms with Gasteiger partial charge in [-0.1, -0.05) is 24.3 Å². The number of nitrogens with one attached hydrogen (secondary N) is 1. The summed E-state index contributed by atoms with van der Waals surface area (Å²) in [4.78, 5) is 12.2. The lowest BCUT2D eigenvalue weighted by Gasteiger charge is -2.06. The van der Waals surface area contributed by atoms with Gasteiger partial charge in [0.05, 0.1) is 0 Å². The standard InChI is InChI=1S/C17H17NO2/c1-11-3-2-4-13(9-11)18-17(20)16-10-15(16)12-5-7-14(19)8-6-12/h2-9,15-16,19H,10H2,1H3,(H,18,20). The number of carbonyl (C=O) groups excluding carboxylic acids is 1. The van der Waals surface area contributed by atoms with E-state index in [1.54, 1.807) is 12.1 Å². The molecular formula is C17H17NO2. The van der Waals surface area contributed by atoms with Gasteiger partial charge >= 0.3 is 0 Å². The maximum atomic E-state index is 12.2. The molecule has 3 rings (SSSR count). The molecule has 1 amide bonds. The molecule has 2 atom stereocenters. The van der Waals surface area contributed by atoms with Crippen LogP contribution in [0.4, 0.5) is 5.69 Å². The zero-order chi connectivity index (χ0) is 14.1. The summed E-state index contributed by atoms with van der Waals surface area (Å²) in [5, 5.41) is 12.2. The van der Waals surface area contributed by atoms with E-state index in [1.807, 2.05) is 43.3 Å². The molecule has 1 aliphatic rings. The number of amides is 1. The van der Waals surface area contributed by atoms with E-state index in [1.165, 1.54) is 0 Å². The molecule has 3 heteroatoms. The average molecular weight is 267 g/mol. The number of phenolic OH excluding ortho intramolecular Hbond substituents is 1. The highest BCUT2D eigenvalue weighted by molar-refractivity contribution is 5.95. The molecule has 0 bridgehead atoms. The third-order valence-corrected chi connectivity index (χ3v) is 3.73. The van der Waals surface area contributed by atoms with Crippen molar-refractivity contribution in [2.45, 2.75) is 19.3 Å². The van der Waals surface area contributed by atoms with Crippen molar-refractivity contribution in [1.82, 2.24) is 0 Å². The summed E-state index contributed by atoms with van der Waals surface area (Å²) >= 11 is 0. The molecule has 102 valence electrons. The largest absolute Gasteiger partial charge is 0.508 e. The third kappa shape index (κ3) is 2.67. The second-order valence-electron chi connectivity index (χ2n) is 5.40. The second-order valence-corrected chi connectivity index (χ2v) is 5.40. The summed E-state index contributed by atoms with van der Waals surface area (Å²) in [5.41, 5.74) is 3.10. The minimum Gasteiger partial charge on any atom is -0.508 e. The van der Waals surface area contributed by atoms with Crippen molar-refractivity contribution in [3.8, 4) is 5.75 Å². The highest BCUT2D eigenvalue weighted by atomic mass is 16.3. The van der Waals surface area contributed by atoms with Crippen LogP contribution in [0.25, 0.3) is 0 Å². The lowest BCUT2D eigenvalue weighted by molar-refractivity contribution is -0.117. The Bertz CT molecular complexity index is 634. The molecule has 0 saturated heterocycles. The molecule has 0 aromatic heterocycles. The Balaban J connectivity index is 1.64. The molecule has 0 heterocycles. The summed E-state index contributed by atoms with van der Waals surface area (Å²) in [6.45, 7) is 2.01. The first kappa shape index (κ1) is 12.7. The number of aromatic hydroxyl groups is 1. The Kier molecular flexibility index (Phi) is 3.18. The molecule has 0 spiro atoms. The van der Waals surface area contributed by atoms with Crippen LogP contribution in [-0.2, 0) is 4.79 Å². The summed E-state index contributed by atoms with van der Waals surface area (Å²) in [5.74, 6) is 0.657. The summed E-state index contributed by atoms with van der Waals surface area (Å²) in [6.07, 6.45) is 0.877. The molecule has 2 N–H and O–H groups in total. The van der Waals surface area contributed by atoms with Gasteiger partial charge in [0.2, 0.25) is 5.91 Å². The van der Waals surface area contributed by atoms with Crippen LogP contribution in [0.1, 0.15) is 23.5 Å². The fraction of sp³-hybridized carbons (Fsp3) is 0.235. The lowest BCUT2D eigenvalue weighted by atomic mass is 10.1. The zero-order valence-electron chi connectivity index (χ0n) is 11.3. The van der Waals surface area contributed by atoms with Crippen LogP contribution >= 0.6 is 0 Å². The Morgan fingerprint density at radius 2 is 1.95 bits per heavy atom. The molecule has 0 radical (unpaired) electrons. The van der Waals surface area contributed by atoms with Crippen molar-refractivity contribution in [2.75, 3.05) is 5.32 Å². The summed E-state index contributed by atoms with van der Waals surface area (Å²) in [6, 6.07) is 14.9. The van der Waals surface area contributed by atoms with Crippen LogP contribution in [-0.4, -0.2) is 11.0 Å². The van der Waals surface area contributed by atoms with Gasteiger partial charge in [0.15, 0.2) is 0 Å². The quantitative estimate of drug-likeness (QED) is 0.895. The topological polar surface area (TPSA) is 49.3 Å². The number of anilines is 1. The van der Waals surface area contributed by atoms with Crippen LogP contribution in [0.15, 0.2) is 48.5 Å². The Morgan fingerprint density at radius 1 is 1.20 bits per heavy atom. The predicted octanol–water partition coefficient (Wildman–Crippen LogP) is 3.44. The summed E-state index contributed by atoms with van der Waals surface area (Å²) in [7, 11) is 0. The number of rotatable bonds is 3. The molecule has 2 aromatic rings. The number of benzene rings is 2. The molecule has 1 aliphatic carbocycles. The highest BCUT2D eigenvalue weighted by Gasteiger charge is 2.43. The fourth-order valence-electron chi connectivity index (χ4n) is 2.53. The van der Waals surface area contributed by atoms with Crippen molar-refractivity contribution in [3.63, 3.8) is 0 Å². The Labute approximate surface area is 118 Å². The van der Waals surface area contributed by atoms with Gasteiger partial charge in [-0.25, -0.2) is 0 Å². The maximum absolute atomic E-state index is 12.2.